The van der Waals surface area contributed by atoms with E-state index >= 15 is 0 Å². The van der Waals surface area contributed by atoms with Crippen molar-refractivity contribution in [1.82, 2.24) is 9.55 Å². The summed E-state index contributed by atoms with van der Waals surface area (Å²) in [6.07, 6.45) is 3.94. The summed E-state index contributed by atoms with van der Waals surface area (Å²) in [4.78, 5) is 25.1. The van der Waals surface area contributed by atoms with Gasteiger partial charge in [-0.3, -0.25) is 9.36 Å². The van der Waals surface area contributed by atoms with Gasteiger partial charge in [-0.15, -0.1) is 0 Å². The molecule has 2 N–H and O–H groups in total. The van der Waals surface area contributed by atoms with Crippen LogP contribution in [0.5, 0.6) is 0 Å². The zero-order chi connectivity index (χ0) is 11.0. The molecular formula is C10H14N2O3. The van der Waals surface area contributed by atoms with E-state index in [2.05, 4.69) is 4.98 Å². The van der Waals surface area contributed by atoms with Crippen LogP contribution < -0.4 is 5.69 Å². The molecule has 82 valence electrons. The fourth-order valence-corrected chi connectivity index (χ4v) is 2.42. The molecule has 2 rings (SSSR count). The largest absolute Gasteiger partial charge is 0.481 e. The van der Waals surface area contributed by atoms with Crippen molar-refractivity contribution < 1.29 is 9.90 Å². The molecule has 1 saturated carbocycles. The minimum Gasteiger partial charge on any atom is -0.481 e. The topological polar surface area (TPSA) is 75.1 Å². The van der Waals surface area contributed by atoms with Crippen LogP contribution in [0.1, 0.15) is 31.0 Å². The van der Waals surface area contributed by atoms with Crippen molar-refractivity contribution in [3.63, 3.8) is 0 Å². The molecule has 0 radical (unpaired) electrons. The van der Waals surface area contributed by atoms with Gasteiger partial charge < -0.3 is 10.1 Å². The third-order valence-electron chi connectivity index (χ3n) is 3.13. The first-order valence-corrected chi connectivity index (χ1v) is 5.10. The Morgan fingerprint density at radius 2 is 2.33 bits per heavy atom. The molecule has 15 heavy (non-hydrogen) atoms. The molecule has 0 aliphatic heterocycles. The van der Waals surface area contributed by atoms with Crippen molar-refractivity contribution in [3.8, 4) is 0 Å². The molecule has 5 nitrogen and oxygen atoms in total. The van der Waals surface area contributed by atoms with Crippen molar-refractivity contribution in [1.29, 1.82) is 0 Å². The van der Waals surface area contributed by atoms with E-state index in [9.17, 15) is 9.59 Å². The number of carboxylic acid groups (broad SMARTS) is 1. The normalized spacial score (nSPS) is 25.7. The highest BCUT2D eigenvalue weighted by atomic mass is 16.4. The molecule has 0 amide bonds. The molecule has 1 aromatic heterocycles. The molecule has 0 aromatic carbocycles. The summed E-state index contributed by atoms with van der Waals surface area (Å²) in [6.45, 7) is 1.81. The molecule has 5 heteroatoms. The van der Waals surface area contributed by atoms with Crippen LogP contribution in [-0.2, 0) is 4.79 Å². The SMILES string of the molecule is Cc1c[nH]c(=O)n1C1CCCC1C(=O)O. The molecule has 0 bridgehead atoms. The number of hydrogen-bond acceptors (Lipinski definition) is 2. The maximum absolute atomic E-state index is 11.5. The summed E-state index contributed by atoms with van der Waals surface area (Å²) in [5, 5.41) is 9.04. The number of nitrogens with zero attached hydrogens (tertiary/aromatic N) is 1. The van der Waals surface area contributed by atoms with Gasteiger partial charge in [0.25, 0.3) is 0 Å². The predicted molar refractivity (Wildman–Crippen MR) is 53.8 cm³/mol. The molecule has 1 aliphatic rings. The standard InChI is InChI=1S/C10H14N2O3/c1-6-5-11-10(15)12(6)8-4-2-3-7(8)9(13)14/h5,7-8H,2-4H2,1H3,(H,11,15)(H,13,14). The van der Waals surface area contributed by atoms with E-state index in [-0.39, 0.29) is 11.7 Å². The predicted octanol–water partition coefficient (Wildman–Crippen LogP) is 0.911. The Labute approximate surface area is 86.7 Å². The van der Waals surface area contributed by atoms with Crippen molar-refractivity contribution in [2.45, 2.75) is 32.2 Å². The first-order valence-electron chi connectivity index (χ1n) is 5.10. The Hall–Kier alpha value is -1.52. The summed E-state index contributed by atoms with van der Waals surface area (Å²) in [5.74, 6) is -1.22. The highest BCUT2D eigenvalue weighted by molar-refractivity contribution is 5.71. The van der Waals surface area contributed by atoms with E-state index in [0.29, 0.717) is 6.42 Å². The van der Waals surface area contributed by atoms with Crippen molar-refractivity contribution in [2.75, 3.05) is 0 Å². The molecule has 0 saturated heterocycles. The van der Waals surface area contributed by atoms with Crippen LogP contribution >= 0.6 is 0 Å². The number of H-pyrrole nitrogens is 1. The van der Waals surface area contributed by atoms with E-state index in [1.165, 1.54) is 0 Å². The van der Waals surface area contributed by atoms with Gasteiger partial charge in [0.1, 0.15) is 0 Å². The average Bonchev–Trinajstić information content (AvgIpc) is 2.73. The number of carboxylic acids is 1. The van der Waals surface area contributed by atoms with Crippen LogP contribution in [0.25, 0.3) is 0 Å². The number of aromatic nitrogens is 2. The number of aromatic amines is 1. The van der Waals surface area contributed by atoms with Crippen LogP contribution in [0.3, 0.4) is 0 Å². The van der Waals surface area contributed by atoms with Gasteiger partial charge in [0.05, 0.1) is 12.0 Å². The Morgan fingerprint density at radius 1 is 1.60 bits per heavy atom. The molecule has 1 fully saturated rings. The lowest BCUT2D eigenvalue weighted by atomic mass is 10.0. The minimum atomic E-state index is -0.801. The second-order valence-corrected chi connectivity index (χ2v) is 4.05. The molecule has 2 atom stereocenters. The number of aliphatic carboxylic acids is 1. The first-order chi connectivity index (χ1) is 7.11. The van der Waals surface area contributed by atoms with Gasteiger partial charge in [-0.25, -0.2) is 4.79 Å². The summed E-state index contributed by atoms with van der Waals surface area (Å²) in [7, 11) is 0. The molecule has 0 spiro atoms. The van der Waals surface area contributed by atoms with Gasteiger partial charge in [0.2, 0.25) is 0 Å². The van der Waals surface area contributed by atoms with Gasteiger partial charge >= 0.3 is 11.7 Å². The smallest absolute Gasteiger partial charge is 0.325 e. The van der Waals surface area contributed by atoms with Gasteiger partial charge in [0.15, 0.2) is 0 Å². The van der Waals surface area contributed by atoms with Crippen LogP contribution in [0.15, 0.2) is 11.0 Å². The molecule has 1 aliphatic carbocycles. The Bertz CT molecular complexity index is 432. The van der Waals surface area contributed by atoms with Crippen molar-refractivity contribution >= 4 is 5.97 Å². The number of nitrogens with one attached hydrogen (secondary N) is 1. The van der Waals surface area contributed by atoms with Gasteiger partial charge in [0, 0.05) is 11.9 Å². The summed E-state index contributed by atoms with van der Waals surface area (Å²) in [6, 6.07) is -0.179. The second-order valence-electron chi connectivity index (χ2n) is 4.05. The summed E-state index contributed by atoms with van der Waals surface area (Å²) in [5.41, 5.74) is 0.601. The Morgan fingerprint density at radius 3 is 2.87 bits per heavy atom. The zero-order valence-corrected chi connectivity index (χ0v) is 8.56. The van der Waals surface area contributed by atoms with Crippen LogP contribution in [-0.4, -0.2) is 20.6 Å². The maximum atomic E-state index is 11.5. The fourth-order valence-electron chi connectivity index (χ4n) is 2.42. The minimum absolute atomic E-state index is 0.179. The molecule has 1 aromatic rings. The van der Waals surface area contributed by atoms with Crippen molar-refractivity contribution in [2.24, 2.45) is 5.92 Å². The lowest BCUT2D eigenvalue weighted by Crippen LogP contribution is -2.29. The van der Waals surface area contributed by atoms with Gasteiger partial charge in [-0.05, 0) is 19.8 Å². The number of imidazole rings is 1. The maximum Gasteiger partial charge on any atom is 0.325 e. The number of hydrogen-bond donors (Lipinski definition) is 2. The Kier molecular flexibility index (Phi) is 2.38. The third kappa shape index (κ3) is 1.58. The van der Waals surface area contributed by atoms with Crippen LogP contribution in [0.4, 0.5) is 0 Å². The number of rotatable bonds is 2. The fraction of sp³-hybridized carbons (Fsp3) is 0.600. The van der Waals surface area contributed by atoms with E-state index in [1.807, 2.05) is 6.92 Å². The Balaban J connectivity index is 2.38. The quantitative estimate of drug-likeness (QED) is 0.761. The van der Waals surface area contributed by atoms with E-state index < -0.39 is 11.9 Å². The second kappa shape index (κ2) is 3.56. The third-order valence-corrected chi connectivity index (χ3v) is 3.13. The van der Waals surface area contributed by atoms with E-state index in [1.54, 1.807) is 10.8 Å². The monoisotopic (exact) mass is 210 g/mol. The number of aryl methyl sites for hydroxylation is 1. The molecular weight excluding hydrogens is 196 g/mol. The lowest BCUT2D eigenvalue weighted by Gasteiger charge is -2.17. The van der Waals surface area contributed by atoms with E-state index in [4.69, 9.17) is 5.11 Å². The average molecular weight is 210 g/mol. The van der Waals surface area contributed by atoms with Crippen LogP contribution in [0, 0.1) is 12.8 Å². The first kappa shape index (κ1) is 10.0. The number of carbonyl (C=O) groups is 1. The van der Waals surface area contributed by atoms with Gasteiger partial charge in [-0.2, -0.15) is 0 Å². The van der Waals surface area contributed by atoms with Crippen LogP contribution in [0.2, 0.25) is 0 Å². The lowest BCUT2D eigenvalue weighted by molar-refractivity contribution is -0.142. The molecule has 1 heterocycles. The zero-order valence-electron chi connectivity index (χ0n) is 8.56. The van der Waals surface area contributed by atoms with E-state index in [0.717, 1.165) is 18.5 Å². The highest BCUT2D eigenvalue weighted by Crippen LogP contribution is 2.35. The van der Waals surface area contributed by atoms with Crippen molar-refractivity contribution in [3.05, 3.63) is 22.4 Å². The molecule has 2 unspecified atom stereocenters. The summed E-state index contributed by atoms with van der Waals surface area (Å²) < 4.78 is 1.58. The summed E-state index contributed by atoms with van der Waals surface area (Å²) >= 11 is 0. The highest BCUT2D eigenvalue weighted by Gasteiger charge is 2.35. The van der Waals surface area contributed by atoms with Gasteiger partial charge in [-0.1, -0.05) is 6.42 Å².